The Morgan fingerprint density at radius 2 is 2.00 bits per heavy atom. The Balaban J connectivity index is 2.52. The van der Waals surface area contributed by atoms with Crippen LogP contribution in [0.3, 0.4) is 0 Å². The number of thioether (sulfide) groups is 1. The van der Waals surface area contributed by atoms with E-state index in [4.69, 9.17) is 17.3 Å². The van der Waals surface area contributed by atoms with Gasteiger partial charge in [-0.05, 0) is 36.9 Å². The van der Waals surface area contributed by atoms with E-state index in [2.05, 4.69) is 15.0 Å². The Morgan fingerprint density at radius 3 is 2.65 bits per heavy atom. The van der Waals surface area contributed by atoms with Crippen LogP contribution in [-0.2, 0) is 0 Å². The van der Waals surface area contributed by atoms with Gasteiger partial charge in [0.05, 0.1) is 0 Å². The molecule has 2 rings (SSSR count). The number of nitrogen functional groups attached to an aromatic ring is 1. The molecule has 0 atom stereocenters. The summed E-state index contributed by atoms with van der Waals surface area (Å²) in [5.74, 6) is 0.800. The summed E-state index contributed by atoms with van der Waals surface area (Å²) < 4.78 is 0. The molecule has 4 nitrogen and oxygen atoms in total. The molecular formula is C11H11ClN4S. The number of hydrogen-bond acceptors (Lipinski definition) is 5. The summed E-state index contributed by atoms with van der Waals surface area (Å²) in [7, 11) is 0. The number of anilines is 1. The maximum Gasteiger partial charge on any atom is 0.224 e. The minimum atomic E-state index is 0.229. The first kappa shape index (κ1) is 12.1. The molecule has 0 bridgehead atoms. The second kappa shape index (κ2) is 4.89. The number of benzene rings is 1. The first-order chi connectivity index (χ1) is 8.10. The number of halogens is 1. The van der Waals surface area contributed by atoms with Gasteiger partial charge in [0.25, 0.3) is 0 Å². The summed E-state index contributed by atoms with van der Waals surface area (Å²) in [5, 5.41) is 1.33. The van der Waals surface area contributed by atoms with Gasteiger partial charge in [0, 0.05) is 10.6 Å². The van der Waals surface area contributed by atoms with Crippen LogP contribution in [0.25, 0.3) is 11.4 Å². The maximum atomic E-state index is 5.98. The highest BCUT2D eigenvalue weighted by atomic mass is 35.5. The number of aromatic nitrogens is 3. The van der Waals surface area contributed by atoms with E-state index in [9.17, 15) is 0 Å². The van der Waals surface area contributed by atoms with Crippen LogP contribution in [-0.4, -0.2) is 21.2 Å². The molecule has 0 fully saturated rings. The fraction of sp³-hybridized carbons (Fsp3) is 0.182. The summed E-state index contributed by atoms with van der Waals surface area (Å²) in [6, 6.07) is 5.63. The zero-order valence-electron chi connectivity index (χ0n) is 9.44. The van der Waals surface area contributed by atoms with Gasteiger partial charge in [-0.2, -0.15) is 9.97 Å². The van der Waals surface area contributed by atoms with Gasteiger partial charge in [-0.3, -0.25) is 0 Å². The smallest absolute Gasteiger partial charge is 0.224 e. The highest BCUT2D eigenvalue weighted by molar-refractivity contribution is 7.98. The highest BCUT2D eigenvalue weighted by Crippen LogP contribution is 2.23. The van der Waals surface area contributed by atoms with Crippen molar-refractivity contribution in [1.82, 2.24) is 15.0 Å². The monoisotopic (exact) mass is 266 g/mol. The molecule has 0 aliphatic rings. The van der Waals surface area contributed by atoms with Crippen molar-refractivity contribution >= 4 is 29.3 Å². The number of hydrogen-bond donors (Lipinski definition) is 1. The molecule has 1 heterocycles. The predicted molar refractivity (Wildman–Crippen MR) is 71.2 cm³/mol. The van der Waals surface area contributed by atoms with Gasteiger partial charge in [0.2, 0.25) is 5.95 Å². The third-order valence-corrected chi connectivity index (χ3v) is 3.20. The topological polar surface area (TPSA) is 64.7 Å². The van der Waals surface area contributed by atoms with Gasteiger partial charge in [-0.1, -0.05) is 23.4 Å². The minimum Gasteiger partial charge on any atom is -0.368 e. The molecule has 0 aliphatic carbocycles. The van der Waals surface area contributed by atoms with E-state index in [1.54, 1.807) is 0 Å². The Bertz CT molecular complexity index is 559. The van der Waals surface area contributed by atoms with Crippen LogP contribution >= 0.6 is 23.4 Å². The van der Waals surface area contributed by atoms with Crippen molar-refractivity contribution in [2.45, 2.75) is 12.1 Å². The lowest BCUT2D eigenvalue weighted by Gasteiger charge is -2.05. The van der Waals surface area contributed by atoms with E-state index in [0.717, 1.165) is 16.1 Å². The van der Waals surface area contributed by atoms with Gasteiger partial charge < -0.3 is 5.73 Å². The largest absolute Gasteiger partial charge is 0.368 e. The van der Waals surface area contributed by atoms with Crippen molar-refractivity contribution < 1.29 is 0 Å². The Kier molecular flexibility index (Phi) is 3.49. The number of rotatable bonds is 2. The molecule has 1 aromatic carbocycles. The van der Waals surface area contributed by atoms with E-state index in [1.807, 2.05) is 31.4 Å². The van der Waals surface area contributed by atoms with Crippen molar-refractivity contribution in [3.8, 4) is 11.4 Å². The first-order valence-corrected chi connectivity index (χ1v) is 6.52. The maximum absolute atomic E-state index is 5.98. The molecule has 17 heavy (non-hydrogen) atoms. The lowest BCUT2D eigenvalue weighted by molar-refractivity contribution is 0.927. The zero-order chi connectivity index (χ0) is 12.4. The van der Waals surface area contributed by atoms with Crippen molar-refractivity contribution in [3.05, 3.63) is 28.8 Å². The summed E-state index contributed by atoms with van der Waals surface area (Å²) in [6.45, 7) is 1.94. The summed E-state index contributed by atoms with van der Waals surface area (Å²) in [4.78, 5) is 12.4. The molecule has 0 saturated carbocycles. The lowest BCUT2D eigenvalue weighted by Crippen LogP contribution is -2.01. The van der Waals surface area contributed by atoms with Crippen LogP contribution in [0, 0.1) is 6.92 Å². The standard InChI is InChI=1S/C11H11ClN4S/c1-6-5-7(3-4-8(6)12)9-14-10(13)16-11(15-9)17-2/h3-5H,1-2H3,(H2,13,14,15,16). The van der Waals surface area contributed by atoms with Gasteiger partial charge in [0.1, 0.15) is 0 Å². The Morgan fingerprint density at radius 1 is 1.24 bits per heavy atom. The van der Waals surface area contributed by atoms with Crippen molar-refractivity contribution in [1.29, 1.82) is 0 Å². The van der Waals surface area contributed by atoms with Crippen molar-refractivity contribution in [3.63, 3.8) is 0 Å². The lowest BCUT2D eigenvalue weighted by atomic mass is 10.1. The molecule has 2 N–H and O–H groups in total. The van der Waals surface area contributed by atoms with Crippen LogP contribution in [0.15, 0.2) is 23.4 Å². The second-order valence-electron chi connectivity index (χ2n) is 3.47. The number of nitrogens with zero attached hydrogens (tertiary/aromatic N) is 3. The first-order valence-electron chi connectivity index (χ1n) is 4.92. The van der Waals surface area contributed by atoms with E-state index < -0.39 is 0 Å². The molecule has 88 valence electrons. The molecule has 0 aliphatic heterocycles. The molecule has 0 spiro atoms. The summed E-state index contributed by atoms with van der Waals surface area (Å²) >= 11 is 7.41. The molecule has 0 unspecified atom stereocenters. The molecule has 1 aromatic heterocycles. The fourth-order valence-electron chi connectivity index (χ4n) is 1.38. The molecule has 0 amide bonds. The molecule has 0 saturated heterocycles. The van der Waals surface area contributed by atoms with Gasteiger partial charge in [-0.15, -0.1) is 0 Å². The molecule has 0 radical (unpaired) electrons. The van der Waals surface area contributed by atoms with Crippen LogP contribution < -0.4 is 5.73 Å². The number of nitrogens with two attached hydrogens (primary N) is 1. The fourth-order valence-corrected chi connectivity index (χ4v) is 1.86. The minimum absolute atomic E-state index is 0.229. The second-order valence-corrected chi connectivity index (χ2v) is 4.65. The molecule has 2 aromatic rings. The summed E-state index contributed by atoms with van der Waals surface area (Å²) in [5.41, 5.74) is 7.50. The van der Waals surface area contributed by atoms with Gasteiger partial charge >= 0.3 is 0 Å². The average molecular weight is 267 g/mol. The number of aryl methyl sites for hydroxylation is 1. The zero-order valence-corrected chi connectivity index (χ0v) is 11.0. The third-order valence-electron chi connectivity index (χ3n) is 2.23. The van der Waals surface area contributed by atoms with Gasteiger partial charge in [-0.25, -0.2) is 4.98 Å². The highest BCUT2D eigenvalue weighted by Gasteiger charge is 2.07. The van der Waals surface area contributed by atoms with E-state index in [-0.39, 0.29) is 5.95 Å². The Labute approximate surface area is 109 Å². The van der Waals surface area contributed by atoms with Crippen LogP contribution in [0.1, 0.15) is 5.56 Å². The predicted octanol–water partition coefficient (Wildman–Crippen LogP) is 2.80. The van der Waals surface area contributed by atoms with Gasteiger partial charge in [0.15, 0.2) is 11.0 Å². The van der Waals surface area contributed by atoms with Crippen LogP contribution in [0.2, 0.25) is 5.02 Å². The molecular weight excluding hydrogens is 256 g/mol. The molecule has 6 heteroatoms. The SMILES string of the molecule is CSc1nc(N)nc(-c2ccc(Cl)c(C)c2)n1. The van der Waals surface area contributed by atoms with E-state index in [0.29, 0.717) is 11.0 Å². The van der Waals surface area contributed by atoms with E-state index in [1.165, 1.54) is 11.8 Å². The third kappa shape index (κ3) is 2.68. The van der Waals surface area contributed by atoms with E-state index >= 15 is 0 Å². The average Bonchev–Trinajstić information content (AvgIpc) is 2.32. The summed E-state index contributed by atoms with van der Waals surface area (Å²) in [6.07, 6.45) is 1.89. The van der Waals surface area contributed by atoms with Crippen LogP contribution in [0.4, 0.5) is 5.95 Å². The van der Waals surface area contributed by atoms with Crippen molar-refractivity contribution in [2.24, 2.45) is 0 Å². The van der Waals surface area contributed by atoms with Crippen molar-refractivity contribution in [2.75, 3.05) is 12.0 Å². The normalized spacial score (nSPS) is 10.5. The quantitative estimate of drug-likeness (QED) is 0.847. The Hall–Kier alpha value is -1.33. The van der Waals surface area contributed by atoms with Crippen LogP contribution in [0.5, 0.6) is 0 Å².